The summed E-state index contributed by atoms with van der Waals surface area (Å²) in [6.45, 7) is 0. The molecule has 40 heavy (non-hydrogen) atoms. The molecule has 12 nitrogen and oxygen atoms in total. The van der Waals surface area contributed by atoms with E-state index < -0.39 is 35.6 Å². The maximum Gasteiger partial charge on any atom is 0.296 e. The van der Waals surface area contributed by atoms with Crippen molar-refractivity contribution < 1.29 is 30.7 Å². The van der Waals surface area contributed by atoms with Gasteiger partial charge in [0.05, 0.1) is 28.1 Å². The normalized spacial score (nSPS) is 11.9. The lowest BCUT2D eigenvalue weighted by molar-refractivity contribution is 0.472. The fourth-order valence-corrected chi connectivity index (χ4v) is 5.34. The van der Waals surface area contributed by atoms with Crippen LogP contribution in [0, 0.1) is 0 Å². The second-order valence-electron chi connectivity index (χ2n) is 8.61. The van der Waals surface area contributed by atoms with Crippen LogP contribution in [0.15, 0.2) is 99.5 Å². The minimum absolute atomic E-state index is 0.0665. The number of hydrogen-bond acceptors (Lipinski definition) is 9. The Labute approximate surface area is 227 Å². The highest BCUT2D eigenvalue weighted by Crippen LogP contribution is 2.31. The van der Waals surface area contributed by atoms with Gasteiger partial charge >= 0.3 is 0 Å². The molecule has 0 amide bonds. The zero-order chi connectivity index (χ0) is 28.8. The molecule has 0 spiro atoms. The van der Waals surface area contributed by atoms with E-state index in [4.69, 9.17) is 16.2 Å². The molecule has 0 aliphatic rings. The minimum Gasteiger partial charge on any atom is -0.457 e. The third-order valence-electron chi connectivity index (χ3n) is 5.95. The second kappa shape index (κ2) is 9.77. The van der Waals surface area contributed by atoms with Crippen molar-refractivity contribution in [2.24, 2.45) is 0 Å². The topological polar surface area (TPSA) is 205 Å². The number of nitrogens with two attached hydrogens (primary N) is 2. The molecule has 14 heteroatoms. The molecule has 0 aliphatic carbocycles. The Hall–Kier alpha value is -4.76. The van der Waals surface area contributed by atoms with Crippen molar-refractivity contribution in [3.05, 3.63) is 95.3 Å². The maximum atomic E-state index is 13.3. The van der Waals surface area contributed by atoms with Gasteiger partial charge in [0.15, 0.2) is 0 Å². The Balaban J connectivity index is 1.59. The average Bonchev–Trinajstić information content (AvgIpc) is 2.90. The highest BCUT2D eigenvalue weighted by molar-refractivity contribution is 7.86. The first kappa shape index (κ1) is 26.8. The molecule has 4 aromatic carbocycles. The summed E-state index contributed by atoms with van der Waals surface area (Å²) in [4.78, 5) is 12.3. The Morgan fingerprint density at radius 3 is 1.88 bits per heavy atom. The number of benzene rings is 4. The van der Waals surface area contributed by atoms with E-state index in [2.05, 4.69) is 5.10 Å². The molecule has 0 unspecified atom stereocenters. The first-order chi connectivity index (χ1) is 18.8. The molecule has 1 heterocycles. The summed E-state index contributed by atoms with van der Waals surface area (Å²) in [7, 11) is -9.21. The molecule has 204 valence electrons. The van der Waals surface area contributed by atoms with E-state index in [0.717, 1.165) is 16.8 Å². The molecule has 5 aromatic rings. The second-order valence-corrected chi connectivity index (χ2v) is 11.4. The van der Waals surface area contributed by atoms with Gasteiger partial charge in [-0.2, -0.15) is 26.6 Å². The van der Waals surface area contributed by atoms with Gasteiger partial charge in [-0.3, -0.25) is 13.9 Å². The van der Waals surface area contributed by atoms with Crippen molar-refractivity contribution in [2.45, 2.75) is 9.79 Å². The lowest BCUT2D eigenvalue weighted by atomic mass is 10.0. The third kappa shape index (κ3) is 5.11. The number of hydrogen-bond donors (Lipinski definition) is 4. The van der Waals surface area contributed by atoms with E-state index in [-0.39, 0.29) is 22.8 Å². The standard InChI is InChI=1S/C26H20N4O8S2/c27-21-11-7-16(13-23(21)39(32,33)34)30-26(31)20-4-2-1-3-19(20)25(29-30)15-5-8-17(9-6-15)38-18-10-12-22(28)24(14-18)40(35,36)37/h1-14H,27-28H2,(H,32,33,34)(H,35,36,37). The fourth-order valence-electron chi connectivity index (χ4n) is 4.07. The summed E-state index contributed by atoms with van der Waals surface area (Å²) in [6.07, 6.45) is 0. The molecule has 0 bridgehead atoms. The van der Waals surface area contributed by atoms with Crippen LogP contribution >= 0.6 is 0 Å². The van der Waals surface area contributed by atoms with Gasteiger partial charge in [-0.15, -0.1) is 0 Å². The van der Waals surface area contributed by atoms with Crippen LogP contribution in [0.25, 0.3) is 27.7 Å². The van der Waals surface area contributed by atoms with Crippen molar-refractivity contribution in [1.82, 2.24) is 9.78 Å². The van der Waals surface area contributed by atoms with E-state index >= 15 is 0 Å². The number of ether oxygens (including phenoxy) is 1. The van der Waals surface area contributed by atoms with Gasteiger partial charge in [-0.25, -0.2) is 0 Å². The van der Waals surface area contributed by atoms with E-state index in [1.54, 1.807) is 48.5 Å². The van der Waals surface area contributed by atoms with Gasteiger partial charge in [0.25, 0.3) is 25.8 Å². The Bertz CT molecular complexity index is 2080. The SMILES string of the molecule is Nc1ccc(Oc2ccc(-c3nn(-c4ccc(N)c(S(=O)(=O)O)c4)c(=O)c4ccccc34)cc2)cc1S(=O)(=O)O. The fraction of sp³-hybridized carbons (Fsp3) is 0. The smallest absolute Gasteiger partial charge is 0.296 e. The molecule has 1 aromatic heterocycles. The minimum atomic E-state index is -4.66. The number of aromatic nitrogens is 2. The quantitative estimate of drug-likeness (QED) is 0.169. The summed E-state index contributed by atoms with van der Waals surface area (Å²) in [5, 5.41) is 5.32. The lowest BCUT2D eigenvalue weighted by Gasteiger charge is -2.13. The molecule has 0 saturated carbocycles. The first-order valence-electron chi connectivity index (χ1n) is 11.4. The Morgan fingerprint density at radius 2 is 1.25 bits per heavy atom. The molecule has 0 saturated heterocycles. The van der Waals surface area contributed by atoms with Gasteiger partial charge in [0.2, 0.25) is 0 Å². The summed E-state index contributed by atoms with van der Waals surface area (Å²) in [5.74, 6) is 0.438. The van der Waals surface area contributed by atoms with Crippen LogP contribution < -0.4 is 21.8 Å². The first-order valence-corrected chi connectivity index (χ1v) is 14.3. The lowest BCUT2D eigenvalue weighted by Crippen LogP contribution is -2.22. The number of fused-ring (bicyclic) bond motifs is 1. The van der Waals surface area contributed by atoms with Crippen molar-refractivity contribution in [3.8, 4) is 28.4 Å². The van der Waals surface area contributed by atoms with Crippen molar-refractivity contribution in [1.29, 1.82) is 0 Å². The number of nitrogen functional groups attached to an aromatic ring is 2. The monoisotopic (exact) mass is 580 g/mol. The molecule has 0 atom stereocenters. The van der Waals surface area contributed by atoms with Gasteiger partial charge in [0, 0.05) is 17.0 Å². The zero-order valence-corrected chi connectivity index (χ0v) is 21.9. The Morgan fingerprint density at radius 1 is 0.700 bits per heavy atom. The highest BCUT2D eigenvalue weighted by atomic mass is 32.2. The van der Waals surface area contributed by atoms with E-state index in [1.165, 1.54) is 24.3 Å². The molecule has 6 N–H and O–H groups in total. The molecular weight excluding hydrogens is 560 g/mol. The van der Waals surface area contributed by atoms with Crippen LogP contribution in [0.2, 0.25) is 0 Å². The zero-order valence-electron chi connectivity index (χ0n) is 20.3. The van der Waals surface area contributed by atoms with E-state index in [0.29, 0.717) is 27.8 Å². The van der Waals surface area contributed by atoms with Crippen LogP contribution in [0.3, 0.4) is 0 Å². The molecule has 0 radical (unpaired) electrons. The third-order valence-corrected chi connectivity index (χ3v) is 7.77. The molecule has 0 fully saturated rings. The van der Waals surface area contributed by atoms with E-state index in [1.807, 2.05) is 0 Å². The van der Waals surface area contributed by atoms with Gasteiger partial charge in [-0.05, 0) is 60.7 Å². The summed E-state index contributed by atoms with van der Waals surface area (Å²) >= 11 is 0. The van der Waals surface area contributed by atoms with E-state index in [9.17, 15) is 30.7 Å². The van der Waals surface area contributed by atoms with Gasteiger partial charge in [-0.1, -0.05) is 18.2 Å². The summed E-state index contributed by atoms with van der Waals surface area (Å²) < 4.78 is 72.3. The van der Waals surface area contributed by atoms with Crippen LogP contribution in [-0.4, -0.2) is 35.7 Å². The predicted molar refractivity (Wildman–Crippen MR) is 148 cm³/mol. The largest absolute Gasteiger partial charge is 0.457 e. The van der Waals surface area contributed by atoms with Gasteiger partial charge in [0.1, 0.15) is 21.3 Å². The predicted octanol–water partition coefficient (Wildman–Crippen LogP) is 3.50. The van der Waals surface area contributed by atoms with Crippen LogP contribution in [0.5, 0.6) is 11.5 Å². The molecule has 0 aliphatic heterocycles. The van der Waals surface area contributed by atoms with Crippen LogP contribution in [0.1, 0.15) is 0 Å². The average molecular weight is 581 g/mol. The van der Waals surface area contributed by atoms with Crippen LogP contribution in [0.4, 0.5) is 11.4 Å². The summed E-state index contributed by atoms with van der Waals surface area (Å²) in [5.41, 5.74) is 11.5. The highest BCUT2D eigenvalue weighted by Gasteiger charge is 2.19. The molecular formula is C26H20N4O8S2. The van der Waals surface area contributed by atoms with Crippen molar-refractivity contribution >= 4 is 42.4 Å². The van der Waals surface area contributed by atoms with Crippen LogP contribution in [-0.2, 0) is 20.2 Å². The summed E-state index contributed by atoms with van der Waals surface area (Å²) in [6, 6.07) is 20.8. The maximum absolute atomic E-state index is 13.3. The number of anilines is 2. The Kier molecular flexibility index (Phi) is 6.55. The van der Waals surface area contributed by atoms with Crippen molar-refractivity contribution in [3.63, 3.8) is 0 Å². The number of nitrogens with zero attached hydrogens (tertiary/aromatic N) is 2. The van der Waals surface area contributed by atoms with Gasteiger partial charge < -0.3 is 16.2 Å². The molecule has 5 rings (SSSR count). The number of rotatable bonds is 6. The van der Waals surface area contributed by atoms with Crippen molar-refractivity contribution in [2.75, 3.05) is 11.5 Å².